The van der Waals surface area contributed by atoms with Crippen LogP contribution in [0.5, 0.6) is 5.75 Å². The highest BCUT2D eigenvalue weighted by Gasteiger charge is 2.18. The topological polar surface area (TPSA) is 21.3 Å². The highest BCUT2D eigenvalue weighted by molar-refractivity contribution is 9.10. The summed E-state index contributed by atoms with van der Waals surface area (Å²) in [5, 5.41) is 3.36. The summed E-state index contributed by atoms with van der Waals surface area (Å²) in [4.78, 5) is 0. The van der Waals surface area contributed by atoms with Crippen LogP contribution in [-0.2, 0) is 0 Å². The predicted octanol–water partition coefficient (Wildman–Crippen LogP) is 3.77. The van der Waals surface area contributed by atoms with E-state index >= 15 is 0 Å². The van der Waals surface area contributed by atoms with E-state index < -0.39 is 0 Å². The summed E-state index contributed by atoms with van der Waals surface area (Å²) < 4.78 is 6.89. The fourth-order valence-electron chi connectivity index (χ4n) is 1.51. The molecule has 1 aromatic carbocycles. The van der Waals surface area contributed by atoms with Crippen molar-refractivity contribution in [2.45, 2.75) is 27.7 Å². The van der Waals surface area contributed by atoms with Crippen LogP contribution >= 0.6 is 15.9 Å². The highest BCUT2D eigenvalue weighted by Crippen LogP contribution is 2.27. The van der Waals surface area contributed by atoms with Gasteiger partial charge in [0.15, 0.2) is 0 Å². The molecule has 1 aromatic rings. The molecular weight excluding hydrogens is 278 g/mol. The first-order valence-electron chi connectivity index (χ1n) is 6.04. The van der Waals surface area contributed by atoms with Gasteiger partial charge < -0.3 is 10.1 Å². The van der Waals surface area contributed by atoms with E-state index in [9.17, 15) is 0 Å². The minimum absolute atomic E-state index is 0.139. The summed E-state index contributed by atoms with van der Waals surface area (Å²) in [5.74, 6) is 0.917. The molecule has 0 unspecified atom stereocenters. The maximum absolute atomic E-state index is 5.87. The summed E-state index contributed by atoms with van der Waals surface area (Å²) >= 11 is 3.53. The number of rotatable bonds is 6. The molecule has 0 heterocycles. The van der Waals surface area contributed by atoms with Gasteiger partial charge in [0, 0.05) is 12.0 Å². The molecule has 1 N–H and O–H groups in total. The molecule has 96 valence electrons. The Balaban J connectivity index is 2.54. The maximum atomic E-state index is 5.87. The zero-order chi connectivity index (χ0) is 12.9. The molecule has 17 heavy (non-hydrogen) atoms. The van der Waals surface area contributed by atoms with Crippen LogP contribution in [0.4, 0.5) is 0 Å². The standard InChI is InChI=1S/C14H22BrNO/c1-5-16-9-14(3,4)10-17-13-7-6-11(2)8-12(13)15/h6-8,16H,5,9-10H2,1-4H3. The second-order valence-electron chi connectivity index (χ2n) is 5.17. The van der Waals surface area contributed by atoms with Gasteiger partial charge in [-0.3, -0.25) is 0 Å². The Morgan fingerprint density at radius 1 is 1.35 bits per heavy atom. The molecule has 0 aliphatic rings. The average molecular weight is 300 g/mol. The van der Waals surface area contributed by atoms with Gasteiger partial charge in [-0.05, 0) is 47.1 Å². The summed E-state index contributed by atoms with van der Waals surface area (Å²) in [7, 11) is 0. The predicted molar refractivity (Wildman–Crippen MR) is 76.7 cm³/mol. The van der Waals surface area contributed by atoms with E-state index in [1.807, 2.05) is 6.07 Å². The van der Waals surface area contributed by atoms with Crippen molar-refractivity contribution in [2.24, 2.45) is 5.41 Å². The van der Waals surface area contributed by atoms with E-state index in [4.69, 9.17) is 4.74 Å². The van der Waals surface area contributed by atoms with Crippen molar-refractivity contribution >= 4 is 15.9 Å². The van der Waals surface area contributed by atoms with Gasteiger partial charge in [-0.25, -0.2) is 0 Å². The summed E-state index contributed by atoms with van der Waals surface area (Å²) in [6, 6.07) is 6.16. The van der Waals surface area contributed by atoms with Crippen molar-refractivity contribution in [3.05, 3.63) is 28.2 Å². The molecule has 0 atom stereocenters. The zero-order valence-corrected chi connectivity index (χ0v) is 12.7. The average Bonchev–Trinajstić information content (AvgIpc) is 2.25. The van der Waals surface area contributed by atoms with Gasteiger partial charge in [0.05, 0.1) is 11.1 Å². The van der Waals surface area contributed by atoms with Crippen LogP contribution in [0.25, 0.3) is 0 Å². The molecule has 1 rings (SSSR count). The lowest BCUT2D eigenvalue weighted by atomic mass is 9.95. The Morgan fingerprint density at radius 2 is 2.06 bits per heavy atom. The fourth-order valence-corrected chi connectivity index (χ4v) is 2.12. The van der Waals surface area contributed by atoms with Gasteiger partial charge in [0.1, 0.15) is 5.75 Å². The van der Waals surface area contributed by atoms with Gasteiger partial charge in [-0.1, -0.05) is 26.8 Å². The van der Waals surface area contributed by atoms with Crippen molar-refractivity contribution in [1.82, 2.24) is 5.32 Å². The molecule has 2 nitrogen and oxygen atoms in total. The third-order valence-electron chi connectivity index (χ3n) is 2.56. The Labute approximate surface area is 113 Å². The quantitative estimate of drug-likeness (QED) is 0.863. The minimum atomic E-state index is 0.139. The minimum Gasteiger partial charge on any atom is -0.492 e. The second-order valence-corrected chi connectivity index (χ2v) is 6.02. The number of nitrogens with one attached hydrogen (secondary N) is 1. The number of ether oxygens (including phenoxy) is 1. The van der Waals surface area contributed by atoms with Gasteiger partial charge >= 0.3 is 0 Å². The Hall–Kier alpha value is -0.540. The molecule has 0 aliphatic heterocycles. The molecule has 0 spiro atoms. The van der Waals surface area contributed by atoms with Crippen LogP contribution in [0.1, 0.15) is 26.3 Å². The van der Waals surface area contributed by atoms with E-state index in [0.29, 0.717) is 6.61 Å². The first kappa shape index (κ1) is 14.5. The maximum Gasteiger partial charge on any atom is 0.133 e. The Bertz CT molecular complexity index is 363. The Kier molecular flexibility index (Phi) is 5.47. The molecule has 0 saturated carbocycles. The number of benzene rings is 1. The fraction of sp³-hybridized carbons (Fsp3) is 0.571. The van der Waals surface area contributed by atoms with Crippen LogP contribution in [0.2, 0.25) is 0 Å². The lowest BCUT2D eigenvalue weighted by molar-refractivity contribution is 0.176. The lowest BCUT2D eigenvalue weighted by Gasteiger charge is -2.25. The first-order chi connectivity index (χ1) is 7.94. The van der Waals surface area contributed by atoms with Crippen LogP contribution in [0.3, 0.4) is 0 Å². The SMILES string of the molecule is CCNCC(C)(C)COc1ccc(C)cc1Br. The van der Waals surface area contributed by atoms with E-state index in [0.717, 1.165) is 23.3 Å². The first-order valence-corrected chi connectivity index (χ1v) is 6.83. The Morgan fingerprint density at radius 3 is 2.65 bits per heavy atom. The molecule has 0 bridgehead atoms. The molecule has 0 amide bonds. The second kappa shape index (κ2) is 6.41. The number of hydrogen-bond donors (Lipinski definition) is 1. The highest BCUT2D eigenvalue weighted by atomic mass is 79.9. The summed E-state index contributed by atoms with van der Waals surface area (Å²) in [6.45, 7) is 11.3. The van der Waals surface area contributed by atoms with Crippen molar-refractivity contribution < 1.29 is 4.74 Å². The van der Waals surface area contributed by atoms with Crippen molar-refractivity contribution in [1.29, 1.82) is 0 Å². The molecule has 0 fully saturated rings. The van der Waals surface area contributed by atoms with Crippen molar-refractivity contribution in [3.8, 4) is 5.75 Å². The van der Waals surface area contributed by atoms with E-state index in [1.54, 1.807) is 0 Å². The van der Waals surface area contributed by atoms with E-state index in [2.05, 4.69) is 61.1 Å². The van der Waals surface area contributed by atoms with Crippen LogP contribution in [0.15, 0.2) is 22.7 Å². The molecule has 0 aromatic heterocycles. The molecule has 3 heteroatoms. The summed E-state index contributed by atoms with van der Waals surface area (Å²) in [6.07, 6.45) is 0. The van der Waals surface area contributed by atoms with Crippen molar-refractivity contribution in [2.75, 3.05) is 19.7 Å². The smallest absolute Gasteiger partial charge is 0.133 e. The van der Waals surface area contributed by atoms with Crippen molar-refractivity contribution in [3.63, 3.8) is 0 Å². The molecular formula is C14H22BrNO. The zero-order valence-electron chi connectivity index (χ0n) is 11.1. The summed E-state index contributed by atoms with van der Waals surface area (Å²) in [5.41, 5.74) is 1.37. The third-order valence-corrected chi connectivity index (χ3v) is 3.18. The third kappa shape index (κ3) is 5.09. The van der Waals surface area contributed by atoms with Gasteiger partial charge in [-0.2, -0.15) is 0 Å². The van der Waals surface area contributed by atoms with E-state index in [-0.39, 0.29) is 5.41 Å². The van der Waals surface area contributed by atoms with Gasteiger partial charge in [0.25, 0.3) is 0 Å². The van der Waals surface area contributed by atoms with Crippen LogP contribution < -0.4 is 10.1 Å². The van der Waals surface area contributed by atoms with Gasteiger partial charge in [-0.15, -0.1) is 0 Å². The monoisotopic (exact) mass is 299 g/mol. The molecule has 0 saturated heterocycles. The molecule has 0 aliphatic carbocycles. The van der Waals surface area contributed by atoms with Crippen LogP contribution in [-0.4, -0.2) is 19.7 Å². The normalized spacial score (nSPS) is 11.6. The van der Waals surface area contributed by atoms with Gasteiger partial charge in [0.2, 0.25) is 0 Å². The van der Waals surface area contributed by atoms with E-state index in [1.165, 1.54) is 5.56 Å². The number of halogens is 1. The lowest BCUT2D eigenvalue weighted by Crippen LogP contribution is -2.34. The number of hydrogen-bond acceptors (Lipinski definition) is 2. The molecule has 0 radical (unpaired) electrons. The largest absolute Gasteiger partial charge is 0.492 e. The number of aryl methyl sites for hydroxylation is 1. The van der Waals surface area contributed by atoms with Crippen LogP contribution in [0, 0.1) is 12.3 Å².